The van der Waals surface area contributed by atoms with E-state index in [0.29, 0.717) is 0 Å². The predicted molar refractivity (Wildman–Crippen MR) is 64.6 cm³/mol. The molecule has 0 saturated carbocycles. The number of aliphatic hydroxyl groups is 1. The van der Waals surface area contributed by atoms with Crippen LogP contribution < -0.4 is 5.32 Å². The Morgan fingerprint density at radius 1 is 1.27 bits per heavy atom. The van der Waals surface area contributed by atoms with Crippen LogP contribution in [0, 0.1) is 0 Å². The monoisotopic (exact) mass is 205 g/mol. The van der Waals surface area contributed by atoms with Gasteiger partial charge in [0.2, 0.25) is 0 Å². The van der Waals surface area contributed by atoms with Crippen LogP contribution in [-0.2, 0) is 0 Å². The van der Waals surface area contributed by atoms with Crippen molar-refractivity contribution in [3.05, 3.63) is 42.0 Å². The second kappa shape index (κ2) is 5.69. The molecule has 0 aliphatic heterocycles. The average Bonchev–Trinajstić information content (AvgIpc) is 2.26. The maximum Gasteiger partial charge on any atom is 0.0607 e. The molecular weight excluding hydrogens is 186 g/mol. The summed E-state index contributed by atoms with van der Waals surface area (Å²) in [7, 11) is 0. The Bertz CT molecular complexity index is 304. The molecule has 2 heteroatoms. The third kappa shape index (κ3) is 4.77. The second-order valence-corrected chi connectivity index (χ2v) is 4.24. The lowest BCUT2D eigenvalue weighted by molar-refractivity contribution is 0.193. The van der Waals surface area contributed by atoms with Crippen LogP contribution in [0.5, 0.6) is 0 Å². The zero-order chi connectivity index (χ0) is 11.1. The molecule has 0 radical (unpaired) electrons. The Morgan fingerprint density at radius 3 is 2.53 bits per heavy atom. The van der Waals surface area contributed by atoms with Crippen molar-refractivity contribution in [2.45, 2.75) is 19.4 Å². The smallest absolute Gasteiger partial charge is 0.0607 e. The summed E-state index contributed by atoms with van der Waals surface area (Å²) in [5.41, 5.74) is 0.988. The van der Waals surface area contributed by atoms with E-state index in [1.807, 2.05) is 32.0 Å². The molecule has 0 fully saturated rings. The Hall–Kier alpha value is -1.12. The summed E-state index contributed by atoms with van der Waals surface area (Å²) in [5, 5.41) is 12.3. The van der Waals surface area contributed by atoms with Crippen LogP contribution in [0.25, 0.3) is 6.08 Å². The summed E-state index contributed by atoms with van der Waals surface area (Å²) < 4.78 is 0. The zero-order valence-electron chi connectivity index (χ0n) is 9.40. The Labute approximate surface area is 91.6 Å². The molecule has 0 aliphatic rings. The third-order valence-electron chi connectivity index (χ3n) is 2.20. The summed E-state index contributed by atoms with van der Waals surface area (Å²) in [6.45, 7) is 4.86. The lowest BCUT2D eigenvalue weighted by atomic mass is 10.1. The Balaban J connectivity index is 2.35. The van der Waals surface area contributed by atoms with Crippen molar-refractivity contribution in [2.24, 2.45) is 0 Å². The van der Waals surface area contributed by atoms with Gasteiger partial charge in [0, 0.05) is 12.1 Å². The molecule has 0 spiro atoms. The molecule has 0 unspecified atom stereocenters. The third-order valence-corrected chi connectivity index (χ3v) is 2.20. The van der Waals surface area contributed by atoms with E-state index in [1.54, 1.807) is 0 Å². The Morgan fingerprint density at radius 2 is 1.93 bits per heavy atom. The van der Waals surface area contributed by atoms with Gasteiger partial charge < -0.3 is 10.4 Å². The van der Waals surface area contributed by atoms with Crippen LogP contribution >= 0.6 is 0 Å². The van der Waals surface area contributed by atoms with E-state index < -0.39 is 0 Å². The molecular formula is C13H19NO. The number of rotatable bonds is 5. The summed E-state index contributed by atoms with van der Waals surface area (Å²) in [6, 6.07) is 10.2. The van der Waals surface area contributed by atoms with Crippen molar-refractivity contribution < 1.29 is 5.11 Å². The van der Waals surface area contributed by atoms with Gasteiger partial charge >= 0.3 is 0 Å². The highest BCUT2D eigenvalue weighted by atomic mass is 16.3. The number of aliphatic hydroxyl groups excluding tert-OH is 1. The van der Waals surface area contributed by atoms with Gasteiger partial charge in [0.15, 0.2) is 0 Å². The first-order valence-electron chi connectivity index (χ1n) is 5.21. The van der Waals surface area contributed by atoms with E-state index in [4.69, 9.17) is 5.11 Å². The maximum atomic E-state index is 9.02. The van der Waals surface area contributed by atoms with Crippen LogP contribution in [0.3, 0.4) is 0 Å². The van der Waals surface area contributed by atoms with Crippen LogP contribution in [0.2, 0.25) is 0 Å². The normalized spacial score (nSPS) is 12.2. The van der Waals surface area contributed by atoms with E-state index in [-0.39, 0.29) is 12.1 Å². The molecule has 15 heavy (non-hydrogen) atoms. The van der Waals surface area contributed by atoms with Crippen LogP contribution in [0.1, 0.15) is 19.4 Å². The minimum Gasteiger partial charge on any atom is -0.394 e. The standard InChI is InChI=1S/C13H19NO/c1-13(2,11-15)14-10-6-9-12-7-4-3-5-8-12/h3-9,14-15H,10-11H2,1-2H3/b9-6-. The zero-order valence-corrected chi connectivity index (χ0v) is 9.40. The lowest BCUT2D eigenvalue weighted by Gasteiger charge is -2.22. The van der Waals surface area contributed by atoms with E-state index in [1.165, 1.54) is 5.56 Å². The summed E-state index contributed by atoms with van der Waals surface area (Å²) >= 11 is 0. The molecule has 1 aromatic carbocycles. The van der Waals surface area contributed by atoms with E-state index in [0.717, 1.165) is 6.54 Å². The molecule has 2 nitrogen and oxygen atoms in total. The molecule has 1 rings (SSSR count). The largest absolute Gasteiger partial charge is 0.394 e. The molecule has 0 aliphatic carbocycles. The minimum absolute atomic E-state index is 0.145. The minimum atomic E-state index is -0.207. The molecule has 82 valence electrons. The van der Waals surface area contributed by atoms with Crippen molar-refractivity contribution in [1.29, 1.82) is 0 Å². The molecule has 0 atom stereocenters. The number of benzene rings is 1. The average molecular weight is 205 g/mol. The lowest BCUT2D eigenvalue weighted by Crippen LogP contribution is -2.42. The molecule has 1 aromatic rings. The molecule has 0 amide bonds. The van der Waals surface area contributed by atoms with Gasteiger partial charge in [-0.1, -0.05) is 42.5 Å². The molecule has 0 heterocycles. The van der Waals surface area contributed by atoms with Crippen LogP contribution in [0.15, 0.2) is 36.4 Å². The highest BCUT2D eigenvalue weighted by Gasteiger charge is 2.12. The van der Waals surface area contributed by atoms with Gasteiger partial charge in [0.1, 0.15) is 0 Å². The van der Waals surface area contributed by atoms with Crippen molar-refractivity contribution in [1.82, 2.24) is 5.32 Å². The highest BCUT2D eigenvalue weighted by molar-refractivity contribution is 5.48. The van der Waals surface area contributed by atoms with E-state index in [2.05, 4.69) is 29.6 Å². The van der Waals surface area contributed by atoms with Gasteiger partial charge in [-0.2, -0.15) is 0 Å². The SMILES string of the molecule is CC(C)(CO)NC/C=C\c1ccccc1. The molecule has 0 saturated heterocycles. The fourth-order valence-corrected chi connectivity index (χ4v) is 1.15. The highest BCUT2D eigenvalue weighted by Crippen LogP contribution is 2.02. The summed E-state index contributed by atoms with van der Waals surface area (Å²) in [5.74, 6) is 0. The fourth-order valence-electron chi connectivity index (χ4n) is 1.15. The topological polar surface area (TPSA) is 32.3 Å². The molecule has 0 aromatic heterocycles. The second-order valence-electron chi connectivity index (χ2n) is 4.24. The molecule has 0 bridgehead atoms. The van der Waals surface area contributed by atoms with Gasteiger partial charge in [-0.05, 0) is 19.4 Å². The van der Waals surface area contributed by atoms with Crippen LogP contribution in [-0.4, -0.2) is 23.8 Å². The van der Waals surface area contributed by atoms with Crippen LogP contribution in [0.4, 0.5) is 0 Å². The number of hydrogen-bond donors (Lipinski definition) is 2. The summed E-state index contributed by atoms with van der Waals surface area (Å²) in [6.07, 6.45) is 4.13. The van der Waals surface area contributed by atoms with Crippen molar-refractivity contribution in [3.8, 4) is 0 Å². The van der Waals surface area contributed by atoms with Crippen molar-refractivity contribution >= 4 is 6.08 Å². The number of hydrogen-bond acceptors (Lipinski definition) is 2. The van der Waals surface area contributed by atoms with Crippen molar-refractivity contribution in [2.75, 3.05) is 13.2 Å². The van der Waals surface area contributed by atoms with E-state index in [9.17, 15) is 0 Å². The van der Waals surface area contributed by atoms with Gasteiger partial charge in [0.25, 0.3) is 0 Å². The molecule has 2 N–H and O–H groups in total. The first-order chi connectivity index (χ1) is 7.14. The van der Waals surface area contributed by atoms with Crippen molar-refractivity contribution in [3.63, 3.8) is 0 Å². The van der Waals surface area contributed by atoms with Gasteiger partial charge in [-0.3, -0.25) is 0 Å². The van der Waals surface area contributed by atoms with Gasteiger partial charge in [0.05, 0.1) is 6.61 Å². The predicted octanol–water partition coefficient (Wildman–Crippen LogP) is 2.06. The fraction of sp³-hybridized carbons (Fsp3) is 0.385. The quantitative estimate of drug-likeness (QED) is 0.771. The maximum absolute atomic E-state index is 9.02. The summed E-state index contributed by atoms with van der Waals surface area (Å²) in [4.78, 5) is 0. The first-order valence-corrected chi connectivity index (χ1v) is 5.21. The van der Waals surface area contributed by atoms with Gasteiger partial charge in [-0.15, -0.1) is 0 Å². The van der Waals surface area contributed by atoms with Gasteiger partial charge in [-0.25, -0.2) is 0 Å². The first kappa shape index (κ1) is 12.0. The van der Waals surface area contributed by atoms with E-state index >= 15 is 0 Å². The Kier molecular flexibility index (Phi) is 4.53. The number of nitrogens with one attached hydrogen (secondary N) is 1.